The van der Waals surface area contributed by atoms with Crippen LogP contribution in [0.15, 0.2) is 0 Å². The van der Waals surface area contributed by atoms with Gasteiger partial charge in [0.2, 0.25) is 0 Å². The number of fused-ring (bicyclic) bond motifs is 1. The molecule has 0 unspecified atom stereocenters. The molecule has 1 aliphatic rings. The summed E-state index contributed by atoms with van der Waals surface area (Å²) in [5, 5.41) is 3.39. The smallest absolute Gasteiger partial charge is 0.128 e. The van der Waals surface area contributed by atoms with Crippen LogP contribution in [0.1, 0.15) is 49.5 Å². The number of aromatic nitrogens is 2. The van der Waals surface area contributed by atoms with Gasteiger partial charge in [-0.2, -0.15) is 0 Å². The fourth-order valence-electron chi connectivity index (χ4n) is 2.23. The van der Waals surface area contributed by atoms with E-state index in [9.17, 15) is 0 Å². The Morgan fingerprint density at radius 3 is 2.88 bits per heavy atom. The van der Waals surface area contributed by atoms with E-state index >= 15 is 0 Å². The molecule has 16 heavy (non-hydrogen) atoms. The predicted molar refractivity (Wildman–Crippen MR) is 65.4 cm³/mol. The fraction of sp³-hybridized carbons (Fsp3) is 0.692. The Morgan fingerprint density at radius 1 is 1.25 bits per heavy atom. The van der Waals surface area contributed by atoms with Crippen molar-refractivity contribution in [2.45, 2.75) is 52.5 Å². The predicted octanol–water partition coefficient (Wildman–Crippen LogP) is 2.03. The topological polar surface area (TPSA) is 37.8 Å². The SMILES string of the molecule is CCCCc1nc(CC)c2c(n1)CNCC2. The minimum absolute atomic E-state index is 0.921. The Morgan fingerprint density at radius 2 is 2.12 bits per heavy atom. The van der Waals surface area contributed by atoms with E-state index in [2.05, 4.69) is 24.1 Å². The van der Waals surface area contributed by atoms with Gasteiger partial charge in [0.15, 0.2) is 0 Å². The van der Waals surface area contributed by atoms with Crippen molar-refractivity contribution in [3.05, 3.63) is 22.8 Å². The maximum Gasteiger partial charge on any atom is 0.128 e. The summed E-state index contributed by atoms with van der Waals surface area (Å²) in [6.45, 7) is 6.39. The third-order valence-corrected chi connectivity index (χ3v) is 3.16. The molecule has 0 amide bonds. The van der Waals surface area contributed by atoms with Crippen LogP contribution in [-0.2, 0) is 25.8 Å². The van der Waals surface area contributed by atoms with Crippen molar-refractivity contribution in [2.24, 2.45) is 0 Å². The molecule has 3 nitrogen and oxygen atoms in total. The zero-order valence-corrected chi connectivity index (χ0v) is 10.3. The third-order valence-electron chi connectivity index (χ3n) is 3.16. The molecule has 0 fully saturated rings. The highest BCUT2D eigenvalue weighted by Gasteiger charge is 2.15. The molecule has 0 saturated heterocycles. The van der Waals surface area contributed by atoms with Crippen molar-refractivity contribution in [1.82, 2.24) is 15.3 Å². The largest absolute Gasteiger partial charge is 0.311 e. The average Bonchev–Trinajstić information content (AvgIpc) is 2.35. The van der Waals surface area contributed by atoms with Crippen LogP contribution in [0.3, 0.4) is 0 Å². The van der Waals surface area contributed by atoms with Gasteiger partial charge in [-0.25, -0.2) is 9.97 Å². The van der Waals surface area contributed by atoms with Crippen LogP contribution in [0, 0.1) is 0 Å². The minimum Gasteiger partial charge on any atom is -0.311 e. The van der Waals surface area contributed by atoms with Gasteiger partial charge in [0.05, 0.1) is 5.69 Å². The Hall–Kier alpha value is -0.960. The van der Waals surface area contributed by atoms with E-state index in [-0.39, 0.29) is 0 Å². The minimum atomic E-state index is 0.921. The van der Waals surface area contributed by atoms with Gasteiger partial charge in [-0.05, 0) is 31.4 Å². The molecule has 2 heterocycles. The average molecular weight is 219 g/mol. The van der Waals surface area contributed by atoms with E-state index in [0.717, 1.165) is 38.2 Å². The first-order valence-corrected chi connectivity index (χ1v) is 6.43. The summed E-state index contributed by atoms with van der Waals surface area (Å²) < 4.78 is 0. The number of nitrogens with one attached hydrogen (secondary N) is 1. The molecule has 0 atom stereocenters. The van der Waals surface area contributed by atoms with Crippen molar-refractivity contribution in [3.8, 4) is 0 Å². The summed E-state index contributed by atoms with van der Waals surface area (Å²) in [7, 11) is 0. The number of aryl methyl sites for hydroxylation is 2. The maximum atomic E-state index is 4.70. The van der Waals surface area contributed by atoms with Crippen LogP contribution in [-0.4, -0.2) is 16.5 Å². The van der Waals surface area contributed by atoms with E-state index < -0.39 is 0 Å². The number of rotatable bonds is 4. The van der Waals surface area contributed by atoms with Gasteiger partial charge in [0.25, 0.3) is 0 Å². The molecule has 0 radical (unpaired) electrons. The van der Waals surface area contributed by atoms with E-state index in [1.54, 1.807) is 0 Å². The van der Waals surface area contributed by atoms with Crippen molar-refractivity contribution in [3.63, 3.8) is 0 Å². The maximum absolute atomic E-state index is 4.70. The Labute approximate surface area is 97.7 Å². The summed E-state index contributed by atoms with van der Waals surface area (Å²) in [5.41, 5.74) is 3.92. The molecule has 2 rings (SSSR count). The van der Waals surface area contributed by atoms with Crippen molar-refractivity contribution in [2.75, 3.05) is 6.54 Å². The molecular weight excluding hydrogens is 198 g/mol. The molecule has 0 spiro atoms. The second kappa shape index (κ2) is 5.39. The van der Waals surface area contributed by atoms with Gasteiger partial charge in [-0.15, -0.1) is 0 Å². The Balaban J connectivity index is 2.28. The fourth-order valence-corrected chi connectivity index (χ4v) is 2.23. The zero-order chi connectivity index (χ0) is 11.4. The van der Waals surface area contributed by atoms with E-state index in [1.165, 1.54) is 29.8 Å². The molecule has 3 heteroatoms. The van der Waals surface area contributed by atoms with Crippen molar-refractivity contribution < 1.29 is 0 Å². The molecule has 0 aromatic carbocycles. The van der Waals surface area contributed by atoms with E-state index in [4.69, 9.17) is 4.98 Å². The van der Waals surface area contributed by atoms with Gasteiger partial charge in [-0.3, -0.25) is 0 Å². The summed E-state index contributed by atoms with van der Waals surface area (Å²) in [4.78, 5) is 9.39. The first-order chi connectivity index (χ1) is 7.85. The second-order valence-corrected chi connectivity index (χ2v) is 4.40. The van der Waals surface area contributed by atoms with Crippen molar-refractivity contribution >= 4 is 0 Å². The van der Waals surface area contributed by atoms with Gasteiger partial charge in [0, 0.05) is 18.7 Å². The summed E-state index contributed by atoms with van der Waals surface area (Å²) >= 11 is 0. The summed E-state index contributed by atoms with van der Waals surface area (Å²) in [6.07, 6.45) is 5.54. The lowest BCUT2D eigenvalue weighted by atomic mass is 10.0. The molecule has 1 aliphatic heterocycles. The van der Waals surface area contributed by atoms with Crippen LogP contribution in [0.2, 0.25) is 0 Å². The second-order valence-electron chi connectivity index (χ2n) is 4.40. The lowest BCUT2D eigenvalue weighted by Crippen LogP contribution is -2.27. The lowest BCUT2D eigenvalue weighted by Gasteiger charge is -2.19. The van der Waals surface area contributed by atoms with E-state index in [1.807, 2.05) is 0 Å². The Kier molecular flexibility index (Phi) is 3.88. The molecule has 0 aliphatic carbocycles. The standard InChI is InChI=1S/C13H21N3/c1-3-5-6-13-15-11(4-2)10-7-8-14-9-12(10)16-13/h14H,3-9H2,1-2H3. The monoisotopic (exact) mass is 219 g/mol. The molecule has 1 N–H and O–H groups in total. The molecule has 1 aromatic heterocycles. The number of unbranched alkanes of at least 4 members (excludes halogenated alkanes) is 1. The number of nitrogens with zero attached hydrogens (tertiary/aromatic N) is 2. The molecule has 0 saturated carbocycles. The zero-order valence-electron chi connectivity index (χ0n) is 10.3. The van der Waals surface area contributed by atoms with Gasteiger partial charge < -0.3 is 5.32 Å². The highest BCUT2D eigenvalue weighted by molar-refractivity contribution is 5.28. The first kappa shape index (κ1) is 11.5. The lowest BCUT2D eigenvalue weighted by molar-refractivity contribution is 0.604. The highest BCUT2D eigenvalue weighted by atomic mass is 15.0. The number of hydrogen-bond acceptors (Lipinski definition) is 3. The number of hydrogen-bond donors (Lipinski definition) is 1. The third kappa shape index (κ3) is 2.40. The quantitative estimate of drug-likeness (QED) is 0.842. The van der Waals surface area contributed by atoms with Gasteiger partial charge in [-0.1, -0.05) is 20.3 Å². The molecule has 88 valence electrons. The van der Waals surface area contributed by atoms with Crippen LogP contribution >= 0.6 is 0 Å². The Bertz CT molecular complexity index is 343. The van der Waals surface area contributed by atoms with Crippen molar-refractivity contribution in [1.29, 1.82) is 0 Å². The highest BCUT2D eigenvalue weighted by Crippen LogP contribution is 2.17. The van der Waals surface area contributed by atoms with Crippen LogP contribution in [0.4, 0.5) is 0 Å². The molecular formula is C13H21N3. The van der Waals surface area contributed by atoms with Crippen LogP contribution in [0.25, 0.3) is 0 Å². The molecule has 0 bridgehead atoms. The van der Waals surface area contributed by atoms with Crippen LogP contribution in [0.5, 0.6) is 0 Å². The molecule has 1 aromatic rings. The normalized spacial score (nSPS) is 14.9. The first-order valence-electron chi connectivity index (χ1n) is 6.43. The summed E-state index contributed by atoms with van der Waals surface area (Å²) in [5.74, 6) is 1.04. The van der Waals surface area contributed by atoms with Gasteiger partial charge in [0.1, 0.15) is 5.82 Å². The summed E-state index contributed by atoms with van der Waals surface area (Å²) in [6, 6.07) is 0. The van der Waals surface area contributed by atoms with Crippen LogP contribution < -0.4 is 5.32 Å². The van der Waals surface area contributed by atoms with E-state index in [0.29, 0.717) is 0 Å². The van der Waals surface area contributed by atoms with Gasteiger partial charge >= 0.3 is 0 Å².